The van der Waals surface area contributed by atoms with Crippen molar-refractivity contribution in [2.45, 2.75) is 38.0 Å². The zero-order chi connectivity index (χ0) is 15.6. The molecule has 120 valence electrons. The van der Waals surface area contributed by atoms with Crippen LogP contribution < -0.4 is 10.0 Å². The van der Waals surface area contributed by atoms with E-state index in [4.69, 9.17) is 4.74 Å². The van der Waals surface area contributed by atoms with Crippen LogP contribution in [-0.4, -0.2) is 39.7 Å². The van der Waals surface area contributed by atoms with Crippen LogP contribution in [0.3, 0.4) is 0 Å². The molecule has 1 heterocycles. The largest absolute Gasteiger partial charge is 0.384 e. The summed E-state index contributed by atoms with van der Waals surface area (Å²) >= 11 is 0. The summed E-state index contributed by atoms with van der Waals surface area (Å²) in [6.07, 6.45) is 5.71. The molecule has 0 aromatic carbocycles. The third-order valence-electron chi connectivity index (χ3n) is 2.84. The summed E-state index contributed by atoms with van der Waals surface area (Å²) in [5.41, 5.74) is 0.569. The molecule has 7 heteroatoms. The molecule has 1 aromatic heterocycles. The molecule has 1 aromatic rings. The molecule has 0 amide bonds. The number of hydrogen-bond donors (Lipinski definition) is 2. The number of anilines is 1. The van der Waals surface area contributed by atoms with Crippen molar-refractivity contribution in [1.29, 1.82) is 0 Å². The number of rotatable bonds is 11. The Bertz CT molecular complexity index is 506. The first-order chi connectivity index (χ1) is 10.1. The van der Waals surface area contributed by atoms with Crippen molar-refractivity contribution in [2.24, 2.45) is 0 Å². The first-order valence-electron chi connectivity index (χ1n) is 7.37. The first-order valence-corrected chi connectivity index (χ1v) is 8.85. The van der Waals surface area contributed by atoms with Gasteiger partial charge in [0.25, 0.3) is 0 Å². The topological polar surface area (TPSA) is 80.3 Å². The predicted molar refractivity (Wildman–Crippen MR) is 83.9 cm³/mol. The van der Waals surface area contributed by atoms with Crippen LogP contribution in [0.15, 0.2) is 23.4 Å². The summed E-state index contributed by atoms with van der Waals surface area (Å²) < 4.78 is 32.4. The second-order valence-corrected chi connectivity index (χ2v) is 6.35. The molecule has 0 aliphatic carbocycles. The van der Waals surface area contributed by atoms with E-state index < -0.39 is 10.0 Å². The average molecular weight is 315 g/mol. The fourth-order valence-corrected chi connectivity index (χ4v) is 2.94. The lowest BCUT2D eigenvalue weighted by molar-refractivity contribution is 0.130. The highest BCUT2D eigenvalue weighted by molar-refractivity contribution is 7.89. The van der Waals surface area contributed by atoms with E-state index in [0.29, 0.717) is 31.8 Å². The molecule has 0 radical (unpaired) electrons. The highest BCUT2D eigenvalue weighted by Crippen LogP contribution is 2.18. The van der Waals surface area contributed by atoms with Crippen LogP contribution in [0.5, 0.6) is 0 Å². The minimum Gasteiger partial charge on any atom is -0.384 e. The lowest BCUT2D eigenvalue weighted by Crippen LogP contribution is -2.26. The molecule has 0 aliphatic rings. The minimum absolute atomic E-state index is 0.179. The van der Waals surface area contributed by atoms with Crippen molar-refractivity contribution in [1.82, 2.24) is 9.71 Å². The van der Waals surface area contributed by atoms with E-state index in [1.807, 2.05) is 6.92 Å². The molecule has 0 atom stereocenters. The number of unbranched alkanes of at least 4 members (excludes halogenated alkanes) is 1. The smallest absolute Gasteiger partial charge is 0.244 e. The van der Waals surface area contributed by atoms with Crippen LogP contribution in [0.4, 0.5) is 5.69 Å². The van der Waals surface area contributed by atoms with E-state index in [0.717, 1.165) is 19.4 Å². The van der Waals surface area contributed by atoms with Gasteiger partial charge in [0.15, 0.2) is 0 Å². The van der Waals surface area contributed by atoms with Gasteiger partial charge in [0.2, 0.25) is 10.0 Å². The number of nitrogens with one attached hydrogen (secondary N) is 2. The molecule has 0 saturated carbocycles. The molecule has 21 heavy (non-hydrogen) atoms. The Kier molecular flexibility index (Phi) is 8.26. The Morgan fingerprint density at radius 3 is 2.71 bits per heavy atom. The van der Waals surface area contributed by atoms with Crippen molar-refractivity contribution in [3.63, 3.8) is 0 Å². The zero-order valence-electron chi connectivity index (χ0n) is 12.8. The van der Waals surface area contributed by atoms with Crippen molar-refractivity contribution in [3.05, 3.63) is 18.5 Å². The number of sulfonamides is 1. The van der Waals surface area contributed by atoms with Gasteiger partial charge in [-0.15, -0.1) is 0 Å². The van der Waals surface area contributed by atoms with E-state index in [1.165, 1.54) is 6.20 Å². The molecule has 2 N–H and O–H groups in total. The average Bonchev–Trinajstić information content (AvgIpc) is 2.47. The van der Waals surface area contributed by atoms with E-state index in [2.05, 4.69) is 21.9 Å². The molecule has 0 saturated heterocycles. The molecule has 0 unspecified atom stereocenters. The summed E-state index contributed by atoms with van der Waals surface area (Å²) in [5, 5.41) is 3.02. The van der Waals surface area contributed by atoms with Crippen LogP contribution >= 0.6 is 0 Å². The van der Waals surface area contributed by atoms with Crippen LogP contribution in [0.2, 0.25) is 0 Å². The number of pyridine rings is 1. The molecule has 6 nitrogen and oxygen atoms in total. The summed E-state index contributed by atoms with van der Waals surface area (Å²) in [6, 6.07) is 1.66. The maximum atomic E-state index is 12.2. The molecule has 0 bridgehead atoms. The molecule has 0 spiro atoms. The van der Waals surface area contributed by atoms with E-state index in [1.54, 1.807) is 12.3 Å². The van der Waals surface area contributed by atoms with Crippen molar-refractivity contribution >= 4 is 15.7 Å². The van der Waals surface area contributed by atoms with Gasteiger partial charge in [-0.3, -0.25) is 4.98 Å². The SMILES string of the molecule is CCCCOCCCNS(=O)(=O)c1cnccc1NCC. The standard InChI is InChI=1S/C14H25N3O3S/c1-3-5-10-20-11-6-8-17-21(18,19)14-12-15-9-7-13(14)16-4-2/h7,9,12,17H,3-6,8,10-11H2,1-2H3,(H,15,16). The molecule has 0 fully saturated rings. The Morgan fingerprint density at radius 2 is 2.00 bits per heavy atom. The Morgan fingerprint density at radius 1 is 1.24 bits per heavy atom. The summed E-state index contributed by atoms with van der Waals surface area (Å²) in [7, 11) is -3.54. The van der Waals surface area contributed by atoms with Crippen LogP contribution in [-0.2, 0) is 14.8 Å². The first kappa shape index (κ1) is 17.9. The molecular formula is C14H25N3O3S. The van der Waals surface area contributed by atoms with E-state index in [9.17, 15) is 8.42 Å². The third kappa shape index (κ3) is 6.41. The number of nitrogens with zero attached hydrogens (tertiary/aromatic N) is 1. The monoisotopic (exact) mass is 315 g/mol. The summed E-state index contributed by atoms with van der Waals surface area (Å²) in [4.78, 5) is 4.07. The number of hydrogen-bond acceptors (Lipinski definition) is 5. The molecule has 0 aliphatic heterocycles. The number of ether oxygens (including phenoxy) is 1. The van der Waals surface area contributed by atoms with Gasteiger partial charge in [-0.25, -0.2) is 13.1 Å². The maximum Gasteiger partial charge on any atom is 0.244 e. The fraction of sp³-hybridized carbons (Fsp3) is 0.643. The quantitative estimate of drug-likeness (QED) is 0.611. The van der Waals surface area contributed by atoms with Gasteiger partial charge >= 0.3 is 0 Å². The normalized spacial score (nSPS) is 11.5. The van der Waals surface area contributed by atoms with Gasteiger partial charge in [0.05, 0.1) is 5.69 Å². The van der Waals surface area contributed by atoms with Gasteiger partial charge in [-0.2, -0.15) is 0 Å². The lowest BCUT2D eigenvalue weighted by atomic mass is 10.4. The minimum atomic E-state index is -3.54. The van der Waals surface area contributed by atoms with Crippen LogP contribution in [0.25, 0.3) is 0 Å². The highest BCUT2D eigenvalue weighted by atomic mass is 32.2. The lowest BCUT2D eigenvalue weighted by Gasteiger charge is -2.11. The number of aromatic nitrogens is 1. The predicted octanol–water partition coefficient (Wildman–Crippen LogP) is 2.00. The Labute approximate surface area is 127 Å². The summed E-state index contributed by atoms with van der Waals surface area (Å²) in [5.74, 6) is 0. The van der Waals surface area contributed by atoms with Crippen LogP contribution in [0.1, 0.15) is 33.1 Å². The van der Waals surface area contributed by atoms with Gasteiger partial charge in [0.1, 0.15) is 4.90 Å². The fourth-order valence-electron chi connectivity index (χ4n) is 1.74. The van der Waals surface area contributed by atoms with Gasteiger partial charge in [-0.1, -0.05) is 13.3 Å². The second kappa shape index (κ2) is 9.70. The van der Waals surface area contributed by atoms with Crippen molar-refractivity contribution in [2.75, 3.05) is 31.6 Å². The zero-order valence-corrected chi connectivity index (χ0v) is 13.6. The maximum absolute atomic E-state index is 12.2. The second-order valence-electron chi connectivity index (χ2n) is 4.62. The van der Waals surface area contributed by atoms with Crippen molar-refractivity contribution < 1.29 is 13.2 Å². The van der Waals surface area contributed by atoms with Gasteiger partial charge in [-0.05, 0) is 25.8 Å². The highest BCUT2D eigenvalue weighted by Gasteiger charge is 2.17. The van der Waals surface area contributed by atoms with Gasteiger partial charge in [0, 0.05) is 38.7 Å². The Balaban J connectivity index is 2.46. The summed E-state index contributed by atoms with van der Waals surface area (Å²) in [6.45, 7) is 6.32. The van der Waals surface area contributed by atoms with Crippen LogP contribution in [0, 0.1) is 0 Å². The molecular weight excluding hydrogens is 290 g/mol. The van der Waals surface area contributed by atoms with E-state index >= 15 is 0 Å². The molecule has 1 rings (SSSR count). The van der Waals surface area contributed by atoms with Gasteiger partial charge < -0.3 is 10.1 Å². The van der Waals surface area contributed by atoms with E-state index in [-0.39, 0.29) is 4.90 Å². The third-order valence-corrected chi connectivity index (χ3v) is 4.33. The van der Waals surface area contributed by atoms with Crippen molar-refractivity contribution in [3.8, 4) is 0 Å². The Hall–Kier alpha value is -1.18.